The van der Waals surface area contributed by atoms with Crippen LogP contribution in [0.3, 0.4) is 0 Å². The standard InChI is InChI=1S/B47INO/c1-2-3-4-5-6-7-8-9-10-11-12-13-14-15-16-17-18-19-20-21-22-23-24-25-26-27-28-29-30-31-32-33-34-35-36-37-38-39-40-41-42-43-44-45-46-47-49-50-48. The van der Waals surface area contributed by atoms with E-state index in [9.17, 15) is 0 Å². The van der Waals surface area contributed by atoms with Crippen molar-refractivity contribution < 1.29 is 3.17 Å². The molecule has 2 nitrogen and oxygen atoms in total. The summed E-state index contributed by atoms with van der Waals surface area (Å²) in [5.74, 6) is 0. The molecule has 0 rings (SSSR count). The summed E-state index contributed by atoms with van der Waals surface area (Å²) >= 11 is 1.71. The van der Waals surface area contributed by atoms with Crippen molar-refractivity contribution in [3.05, 3.63) is 0 Å². The fraction of sp³-hybridized carbons (Fsp3) is 0. The molecular weight excluding hydrogens is 665 g/mol. The minimum atomic E-state index is 1.50. The van der Waals surface area contributed by atoms with Crippen LogP contribution in [0.4, 0.5) is 0 Å². The van der Waals surface area contributed by atoms with E-state index in [4.69, 9.17) is 7.37 Å². The van der Waals surface area contributed by atoms with E-state index in [1.807, 2.05) is 281 Å². The van der Waals surface area contributed by atoms with Gasteiger partial charge in [-0.05, 0) is 0 Å². The van der Waals surface area contributed by atoms with Crippen molar-refractivity contribution in [3.8, 4) is 0 Å². The zero-order valence-corrected chi connectivity index (χ0v) is 30.5. The van der Waals surface area contributed by atoms with Crippen LogP contribution in [0.1, 0.15) is 0 Å². The third-order valence-corrected chi connectivity index (χ3v) is 5.30. The van der Waals surface area contributed by atoms with Gasteiger partial charge in [0.25, 0.3) is 0 Å². The van der Waals surface area contributed by atoms with Crippen molar-refractivity contribution in [2.45, 2.75) is 0 Å². The second-order valence-electron chi connectivity index (χ2n) is 8.98. The van der Waals surface area contributed by atoms with Crippen LogP contribution in [0.25, 0.3) is 0 Å². The summed E-state index contributed by atoms with van der Waals surface area (Å²) in [7, 11) is 5.25. The van der Waals surface area contributed by atoms with E-state index < -0.39 is 0 Å². The van der Waals surface area contributed by atoms with Gasteiger partial charge in [0.2, 0.25) is 0 Å². The number of hydrogen-bond donors (Lipinski definition) is 0. The van der Waals surface area contributed by atoms with Crippen LogP contribution in [0, 0.1) is 0 Å². The van der Waals surface area contributed by atoms with Gasteiger partial charge in [-0.3, -0.25) is 0 Å². The molecule has 0 aromatic carbocycles. The Kier molecular flexibility index (Phi) is 55.9. The van der Waals surface area contributed by atoms with E-state index >= 15 is 0 Å². The number of hydrogen-bond acceptors (Lipinski definition) is 2. The molecule has 0 saturated heterocycles. The summed E-state index contributed by atoms with van der Waals surface area (Å²) in [6.45, 7) is 89.5. The van der Waals surface area contributed by atoms with E-state index in [0.29, 0.717) is 0 Å². The molecule has 0 bridgehead atoms. The Labute approximate surface area is 343 Å². The average molecular weight is 665 g/mol. The molecule has 0 amide bonds. The van der Waals surface area contributed by atoms with E-state index in [1.165, 1.54) is 6.69 Å². The maximum atomic E-state index is 5.25. The van der Waals surface area contributed by atoms with Crippen molar-refractivity contribution >= 4 is 339 Å². The van der Waals surface area contributed by atoms with Crippen LogP contribution in [-0.2, 0) is 3.17 Å². The molecule has 0 fully saturated rings. The SMILES string of the molecule is [B]=BB=BB=BB=BB=BB=BB=BB=BB=BB=BB=BB=BB=BB=BB=BB=BB=BB=BB=BB=BB=BB=BB=BB=NOI. The third kappa shape index (κ3) is 51.4. The molecule has 0 aromatic rings. The molecule has 0 aliphatic rings. The summed E-state index contributed by atoms with van der Waals surface area (Å²) in [6.07, 6.45) is 0. The van der Waals surface area contributed by atoms with Gasteiger partial charge in [0.05, 0.1) is 0 Å². The van der Waals surface area contributed by atoms with Gasteiger partial charge < -0.3 is 0 Å². The zero-order chi connectivity index (χ0) is 35.9. The Morgan fingerprint density at radius 3 is 0.520 bits per heavy atom. The molecule has 0 aliphatic heterocycles. The molecule has 0 N–H and O–H groups in total. The Morgan fingerprint density at radius 2 is 0.380 bits per heavy atom. The van der Waals surface area contributed by atoms with Crippen molar-refractivity contribution in [2.75, 3.05) is 0 Å². The first-order chi connectivity index (χ1) is 24.9. The predicted octanol–water partition coefficient (Wildman–Crippen LogP) is -16.9. The fourth-order valence-corrected chi connectivity index (χ4v) is 3.00. The van der Waals surface area contributed by atoms with Gasteiger partial charge in [0.15, 0.2) is 0 Å². The Bertz CT molecular complexity index is 1570. The zero-order valence-electron chi connectivity index (χ0n) is 28.4. The number of halogens is 1. The van der Waals surface area contributed by atoms with E-state index in [0.717, 1.165) is 0 Å². The van der Waals surface area contributed by atoms with Gasteiger partial charge in [-0.2, -0.15) is 0 Å². The molecule has 0 aromatic heterocycles. The monoisotopic (exact) mass is 674 g/mol. The molecule has 50 heteroatoms. The number of rotatable bonds is 24. The summed E-state index contributed by atoms with van der Waals surface area (Å²) in [5, 5.41) is 3.60. The summed E-state index contributed by atoms with van der Waals surface area (Å²) < 4.78 is 4.53. The van der Waals surface area contributed by atoms with Gasteiger partial charge in [0, 0.05) is 0 Å². The summed E-state index contributed by atoms with van der Waals surface area (Å²) in [6, 6.07) is 0. The average Bonchev–Trinajstić information content (AvgIpc) is 3.13. The Hall–Kier alpha value is 3.38. The molecule has 159 valence electrons. The van der Waals surface area contributed by atoms with Crippen LogP contribution >= 0.6 is 23.0 Å². The second-order valence-corrected chi connectivity index (χ2v) is 9.38. The van der Waals surface area contributed by atoms with Gasteiger partial charge in [-0.25, -0.2) is 0 Å². The van der Waals surface area contributed by atoms with Crippen LogP contribution in [-0.4, -0.2) is 315 Å². The molecule has 0 aliphatic carbocycles. The Morgan fingerprint density at radius 1 is 0.240 bits per heavy atom. The molecule has 0 atom stereocenters. The molecular formula is B47INO. The van der Waals surface area contributed by atoms with Crippen molar-refractivity contribution in [3.63, 3.8) is 0 Å². The van der Waals surface area contributed by atoms with Crippen LogP contribution in [0.2, 0.25) is 0 Å². The van der Waals surface area contributed by atoms with Crippen LogP contribution in [0.5, 0.6) is 0 Å². The molecule has 1 radical (unpaired) electrons. The quantitative estimate of drug-likeness (QED) is 0.0572. The van der Waals surface area contributed by atoms with Crippen molar-refractivity contribution in [2.24, 2.45) is 5.06 Å². The summed E-state index contributed by atoms with van der Waals surface area (Å²) in [4.78, 5) is 0. The topological polar surface area (TPSA) is 21.6 Å². The normalized spacial score (nSPS) is 7.84. The van der Waals surface area contributed by atoms with Crippen LogP contribution < -0.4 is 0 Å². The molecule has 0 spiro atoms. The second kappa shape index (κ2) is 52.4. The first-order valence-electron chi connectivity index (χ1n) is 15.9. The Balaban J connectivity index is 4.05. The van der Waals surface area contributed by atoms with E-state index in [2.05, 4.69) is 8.23 Å². The fourth-order valence-electron chi connectivity index (χ4n) is 2.87. The van der Waals surface area contributed by atoms with E-state index in [1.54, 1.807) is 43.4 Å². The number of nitrogens with zero attached hydrogens (tertiary/aromatic N) is 1. The van der Waals surface area contributed by atoms with Crippen molar-refractivity contribution in [1.29, 1.82) is 0 Å². The first-order valence-corrected chi connectivity index (χ1v) is 16.8. The van der Waals surface area contributed by atoms with Crippen LogP contribution in [0.15, 0.2) is 5.06 Å². The first kappa shape index (κ1) is 53.4. The predicted molar refractivity (Wildman–Crippen MR) is 288 cm³/mol. The summed E-state index contributed by atoms with van der Waals surface area (Å²) in [5.41, 5.74) is 0. The van der Waals surface area contributed by atoms with Gasteiger partial charge in [-0.1, -0.05) is 0 Å². The van der Waals surface area contributed by atoms with Gasteiger partial charge >= 0.3 is 347 Å². The maximum absolute atomic E-state index is 5.25. The van der Waals surface area contributed by atoms with Gasteiger partial charge in [-0.15, -0.1) is 0 Å². The molecule has 50 heavy (non-hydrogen) atoms. The van der Waals surface area contributed by atoms with Crippen molar-refractivity contribution in [1.82, 2.24) is 0 Å². The van der Waals surface area contributed by atoms with Gasteiger partial charge in [0.1, 0.15) is 0 Å². The molecule has 0 unspecified atom stereocenters. The minimum absolute atomic E-state index is 1.50. The molecule has 0 saturated carbocycles. The van der Waals surface area contributed by atoms with E-state index in [-0.39, 0.29) is 0 Å². The molecule has 0 heterocycles. The third-order valence-electron chi connectivity index (χ3n) is 5.08.